The van der Waals surface area contributed by atoms with Gasteiger partial charge in [0.1, 0.15) is 0 Å². The molecule has 154 valence electrons. The van der Waals surface area contributed by atoms with Crippen molar-refractivity contribution in [2.75, 3.05) is 0 Å². The summed E-state index contributed by atoms with van der Waals surface area (Å²) in [5.41, 5.74) is 6.23. The van der Waals surface area contributed by atoms with E-state index in [9.17, 15) is 0 Å². The Morgan fingerprint density at radius 1 is 0.594 bits per heavy atom. The molecule has 0 fully saturated rings. The SMILES string of the molecule is CC(C)(C)c1cc2ccc3c(-c4ccncc4)cc(-c4cccnc4)c4ccc(c1)c2c34. The molecule has 0 aliphatic heterocycles. The molecule has 2 nitrogen and oxygen atoms in total. The minimum absolute atomic E-state index is 0.105. The molecule has 32 heavy (non-hydrogen) atoms. The molecule has 6 rings (SSSR count). The van der Waals surface area contributed by atoms with Gasteiger partial charge in [0.2, 0.25) is 0 Å². The molecule has 0 atom stereocenters. The first-order chi connectivity index (χ1) is 15.5. The van der Waals surface area contributed by atoms with Crippen LogP contribution >= 0.6 is 0 Å². The molecule has 0 amide bonds. The average Bonchev–Trinajstić information content (AvgIpc) is 2.82. The third-order valence-corrected chi connectivity index (χ3v) is 6.55. The van der Waals surface area contributed by atoms with Crippen molar-refractivity contribution >= 4 is 32.3 Å². The van der Waals surface area contributed by atoms with Gasteiger partial charge < -0.3 is 0 Å². The third-order valence-electron chi connectivity index (χ3n) is 6.55. The maximum Gasteiger partial charge on any atom is 0.0346 e. The lowest BCUT2D eigenvalue weighted by Gasteiger charge is -2.22. The van der Waals surface area contributed by atoms with Gasteiger partial charge >= 0.3 is 0 Å². The van der Waals surface area contributed by atoms with E-state index in [-0.39, 0.29) is 5.41 Å². The Labute approximate surface area is 187 Å². The predicted molar refractivity (Wildman–Crippen MR) is 135 cm³/mol. The minimum atomic E-state index is 0.105. The van der Waals surface area contributed by atoms with Gasteiger partial charge in [0.05, 0.1) is 0 Å². The number of rotatable bonds is 2. The molecule has 2 heterocycles. The fourth-order valence-electron chi connectivity index (χ4n) is 4.88. The Morgan fingerprint density at radius 2 is 1.25 bits per heavy atom. The van der Waals surface area contributed by atoms with Crippen LogP contribution in [-0.2, 0) is 5.41 Å². The summed E-state index contributed by atoms with van der Waals surface area (Å²) in [6.07, 6.45) is 7.52. The van der Waals surface area contributed by atoms with Crippen LogP contribution in [-0.4, -0.2) is 9.97 Å². The van der Waals surface area contributed by atoms with E-state index in [0.717, 1.165) is 5.56 Å². The molecular formula is C30H24N2. The lowest BCUT2D eigenvalue weighted by Crippen LogP contribution is -2.10. The molecule has 0 N–H and O–H groups in total. The van der Waals surface area contributed by atoms with E-state index in [4.69, 9.17) is 0 Å². The second-order valence-electron chi connectivity index (χ2n) is 9.60. The number of hydrogen-bond acceptors (Lipinski definition) is 2. The van der Waals surface area contributed by atoms with Crippen LogP contribution in [0, 0.1) is 0 Å². The minimum Gasteiger partial charge on any atom is -0.265 e. The molecule has 4 aromatic carbocycles. The molecule has 2 heteroatoms. The van der Waals surface area contributed by atoms with Gasteiger partial charge in [-0.3, -0.25) is 9.97 Å². The smallest absolute Gasteiger partial charge is 0.0346 e. The Hall–Kier alpha value is -3.78. The highest BCUT2D eigenvalue weighted by molar-refractivity contribution is 6.28. The van der Waals surface area contributed by atoms with Crippen LogP contribution in [0.1, 0.15) is 26.3 Å². The first-order valence-electron chi connectivity index (χ1n) is 11.1. The molecule has 0 aliphatic rings. The molecular weight excluding hydrogens is 388 g/mol. The second-order valence-corrected chi connectivity index (χ2v) is 9.60. The predicted octanol–water partition coefficient (Wildman–Crippen LogP) is 8.01. The molecule has 0 aliphatic carbocycles. The van der Waals surface area contributed by atoms with E-state index < -0.39 is 0 Å². The Balaban J connectivity index is 1.80. The van der Waals surface area contributed by atoms with Crippen LogP contribution in [0.4, 0.5) is 0 Å². The largest absolute Gasteiger partial charge is 0.265 e. The molecule has 2 aromatic heterocycles. The summed E-state index contributed by atoms with van der Waals surface area (Å²) in [6.45, 7) is 6.84. The zero-order valence-corrected chi connectivity index (χ0v) is 18.6. The van der Waals surface area contributed by atoms with E-state index in [1.807, 2.05) is 30.9 Å². The van der Waals surface area contributed by atoms with Crippen molar-refractivity contribution in [3.63, 3.8) is 0 Å². The molecule has 0 unspecified atom stereocenters. The van der Waals surface area contributed by atoms with E-state index in [0.29, 0.717) is 0 Å². The summed E-state index contributed by atoms with van der Waals surface area (Å²) in [5.74, 6) is 0. The van der Waals surface area contributed by atoms with E-state index in [1.165, 1.54) is 54.6 Å². The van der Waals surface area contributed by atoms with Crippen molar-refractivity contribution in [1.82, 2.24) is 9.97 Å². The van der Waals surface area contributed by atoms with Gasteiger partial charge in [-0.15, -0.1) is 0 Å². The quantitative estimate of drug-likeness (QED) is 0.269. The van der Waals surface area contributed by atoms with E-state index in [2.05, 4.69) is 91.4 Å². The Morgan fingerprint density at radius 3 is 1.84 bits per heavy atom. The van der Waals surface area contributed by atoms with Crippen molar-refractivity contribution < 1.29 is 0 Å². The first-order valence-corrected chi connectivity index (χ1v) is 11.1. The van der Waals surface area contributed by atoms with Crippen molar-refractivity contribution in [2.45, 2.75) is 26.2 Å². The lowest BCUT2D eigenvalue weighted by molar-refractivity contribution is 0.591. The van der Waals surface area contributed by atoms with Crippen LogP contribution in [0.2, 0.25) is 0 Å². The number of benzene rings is 4. The van der Waals surface area contributed by atoms with Gasteiger partial charge in [-0.25, -0.2) is 0 Å². The first kappa shape index (κ1) is 18.9. The van der Waals surface area contributed by atoms with Crippen LogP contribution in [0.3, 0.4) is 0 Å². The Bertz CT molecular complexity index is 1470. The normalized spacial score (nSPS) is 12.2. The van der Waals surface area contributed by atoms with E-state index >= 15 is 0 Å². The maximum absolute atomic E-state index is 4.40. The zero-order chi connectivity index (χ0) is 21.9. The fourth-order valence-corrected chi connectivity index (χ4v) is 4.88. The highest BCUT2D eigenvalue weighted by atomic mass is 14.6. The van der Waals surface area contributed by atoms with Crippen LogP contribution in [0.25, 0.3) is 54.6 Å². The number of hydrogen-bond donors (Lipinski definition) is 0. The summed E-state index contributed by atoms with van der Waals surface area (Å²) in [5, 5.41) is 7.82. The summed E-state index contributed by atoms with van der Waals surface area (Å²) in [4.78, 5) is 8.64. The van der Waals surface area contributed by atoms with Crippen LogP contribution in [0.5, 0.6) is 0 Å². The van der Waals surface area contributed by atoms with Gasteiger partial charge in [-0.1, -0.05) is 63.2 Å². The number of pyridine rings is 2. The van der Waals surface area contributed by atoms with Crippen molar-refractivity contribution in [3.8, 4) is 22.3 Å². The van der Waals surface area contributed by atoms with Crippen LogP contribution < -0.4 is 0 Å². The molecule has 0 bridgehead atoms. The maximum atomic E-state index is 4.40. The summed E-state index contributed by atoms with van der Waals surface area (Å²) >= 11 is 0. The van der Waals surface area contributed by atoms with Gasteiger partial charge in [-0.05, 0) is 84.3 Å². The fraction of sp³-hybridized carbons (Fsp3) is 0.133. The topological polar surface area (TPSA) is 25.8 Å². The van der Waals surface area contributed by atoms with Crippen molar-refractivity contribution in [3.05, 3.63) is 97.1 Å². The molecule has 6 aromatic rings. The monoisotopic (exact) mass is 412 g/mol. The summed E-state index contributed by atoms with van der Waals surface area (Å²) in [6, 6.07) is 24.5. The average molecular weight is 413 g/mol. The van der Waals surface area contributed by atoms with E-state index in [1.54, 1.807) is 0 Å². The lowest BCUT2D eigenvalue weighted by atomic mass is 9.81. The third kappa shape index (κ3) is 2.87. The summed E-state index contributed by atoms with van der Waals surface area (Å²) < 4.78 is 0. The number of nitrogens with zero attached hydrogens (tertiary/aromatic N) is 2. The second kappa shape index (κ2) is 6.86. The van der Waals surface area contributed by atoms with Crippen molar-refractivity contribution in [1.29, 1.82) is 0 Å². The highest BCUT2D eigenvalue weighted by Gasteiger charge is 2.20. The van der Waals surface area contributed by atoms with Gasteiger partial charge in [-0.2, -0.15) is 0 Å². The molecule has 0 spiro atoms. The van der Waals surface area contributed by atoms with Crippen LogP contribution in [0.15, 0.2) is 91.5 Å². The summed E-state index contributed by atoms with van der Waals surface area (Å²) in [7, 11) is 0. The highest BCUT2D eigenvalue weighted by Crippen LogP contribution is 2.44. The van der Waals surface area contributed by atoms with Gasteiger partial charge in [0.25, 0.3) is 0 Å². The molecule has 0 radical (unpaired) electrons. The number of aromatic nitrogens is 2. The zero-order valence-electron chi connectivity index (χ0n) is 18.6. The van der Waals surface area contributed by atoms with Gasteiger partial charge in [0.15, 0.2) is 0 Å². The standard InChI is InChI=1S/C30H24N2/c1-30(2,3)23-15-20-6-8-24-26(19-10-13-31-14-11-19)17-27(22-5-4-12-32-18-22)25-9-7-21(16-23)28(20)29(24)25/h4-18H,1-3H3. The Kier molecular flexibility index (Phi) is 4.06. The molecule has 0 saturated carbocycles. The van der Waals surface area contributed by atoms with Crippen molar-refractivity contribution in [2.24, 2.45) is 0 Å². The van der Waals surface area contributed by atoms with Gasteiger partial charge in [0, 0.05) is 30.4 Å². The molecule has 0 saturated heterocycles.